The number of hydrogen-bond acceptors (Lipinski definition) is 3. The molecule has 3 heteroatoms. The molecular formula is C18H34O3. The second kappa shape index (κ2) is 12.0. The lowest BCUT2D eigenvalue weighted by Crippen LogP contribution is -2.18. The lowest BCUT2D eigenvalue weighted by Gasteiger charge is -2.13. The van der Waals surface area contributed by atoms with Crippen LogP contribution in [0.2, 0.25) is 0 Å². The van der Waals surface area contributed by atoms with Gasteiger partial charge in [0.25, 0.3) is 0 Å². The zero-order valence-electron chi connectivity index (χ0n) is 14.1. The minimum absolute atomic E-state index is 0.0836. The lowest BCUT2D eigenvalue weighted by molar-refractivity contribution is -0.175. The molecule has 3 nitrogen and oxygen atoms in total. The molecule has 0 amide bonds. The molecule has 1 aliphatic rings. The third-order valence-electron chi connectivity index (χ3n) is 4.27. The van der Waals surface area contributed by atoms with Gasteiger partial charge in [0.15, 0.2) is 0 Å². The smallest absolute Gasteiger partial charge is 0.308 e. The summed E-state index contributed by atoms with van der Waals surface area (Å²) in [6.45, 7) is 4.36. The fraction of sp³-hybridized carbons (Fsp3) is 0.944. The Kier molecular flexibility index (Phi) is 10.6. The highest BCUT2D eigenvalue weighted by molar-refractivity contribution is 5.69. The zero-order valence-corrected chi connectivity index (χ0v) is 14.1. The van der Waals surface area contributed by atoms with Gasteiger partial charge in [-0.15, -0.1) is 0 Å². The Balaban J connectivity index is 1.87. The van der Waals surface area contributed by atoms with Gasteiger partial charge in [0.05, 0.1) is 6.10 Å². The van der Waals surface area contributed by atoms with Gasteiger partial charge in [-0.25, -0.2) is 0 Å². The van der Waals surface area contributed by atoms with Crippen LogP contribution in [0.3, 0.4) is 0 Å². The van der Waals surface area contributed by atoms with Gasteiger partial charge >= 0.3 is 5.97 Å². The van der Waals surface area contributed by atoms with Crippen LogP contribution in [-0.4, -0.2) is 18.4 Å². The van der Waals surface area contributed by atoms with Crippen LogP contribution in [0.5, 0.6) is 0 Å². The van der Waals surface area contributed by atoms with Gasteiger partial charge in [-0.05, 0) is 19.3 Å². The van der Waals surface area contributed by atoms with Crippen molar-refractivity contribution in [2.75, 3.05) is 0 Å². The van der Waals surface area contributed by atoms with Crippen molar-refractivity contribution in [2.45, 2.75) is 110 Å². The maximum Gasteiger partial charge on any atom is 0.308 e. The summed E-state index contributed by atoms with van der Waals surface area (Å²) in [5.41, 5.74) is 0. The van der Waals surface area contributed by atoms with E-state index in [1.807, 2.05) is 0 Å². The van der Waals surface area contributed by atoms with Crippen LogP contribution in [0, 0.1) is 0 Å². The average molecular weight is 298 g/mol. The molecule has 124 valence electrons. The highest BCUT2D eigenvalue weighted by Gasteiger charge is 2.26. The van der Waals surface area contributed by atoms with Crippen molar-refractivity contribution >= 4 is 5.97 Å². The van der Waals surface area contributed by atoms with Gasteiger partial charge in [0, 0.05) is 12.8 Å². The molecule has 0 bridgehead atoms. The minimum Gasteiger partial charge on any atom is -0.436 e. The van der Waals surface area contributed by atoms with Crippen molar-refractivity contribution < 1.29 is 14.3 Å². The van der Waals surface area contributed by atoms with Crippen molar-refractivity contribution in [1.29, 1.82) is 0 Å². The predicted octanol–water partition coefficient (Wildman–Crippen LogP) is 5.37. The highest BCUT2D eigenvalue weighted by Crippen LogP contribution is 2.23. The van der Waals surface area contributed by atoms with Crippen LogP contribution in [0.4, 0.5) is 0 Å². The van der Waals surface area contributed by atoms with E-state index in [4.69, 9.17) is 9.47 Å². The molecule has 0 aromatic rings. The topological polar surface area (TPSA) is 35.5 Å². The van der Waals surface area contributed by atoms with Gasteiger partial charge < -0.3 is 9.47 Å². The quantitative estimate of drug-likeness (QED) is 0.359. The summed E-state index contributed by atoms with van der Waals surface area (Å²) in [6, 6.07) is 0. The Labute approximate surface area is 130 Å². The zero-order chi connectivity index (χ0) is 15.3. The Morgan fingerprint density at radius 1 is 0.952 bits per heavy atom. The molecule has 1 aliphatic heterocycles. The summed E-state index contributed by atoms with van der Waals surface area (Å²) in [6.07, 6.45) is 14.9. The number of carbonyl (C=O) groups excluding carboxylic acids is 1. The predicted molar refractivity (Wildman–Crippen MR) is 86.1 cm³/mol. The van der Waals surface area contributed by atoms with Crippen LogP contribution >= 0.6 is 0 Å². The van der Waals surface area contributed by atoms with E-state index in [-0.39, 0.29) is 18.4 Å². The second-order valence-electron chi connectivity index (χ2n) is 6.24. The molecular weight excluding hydrogens is 264 g/mol. The Morgan fingerprint density at radius 3 is 2.14 bits per heavy atom. The van der Waals surface area contributed by atoms with Crippen LogP contribution in [0.1, 0.15) is 97.3 Å². The number of hydrogen-bond donors (Lipinski definition) is 0. The number of unbranched alkanes of at least 4 members (excludes halogenated alkanes) is 8. The van der Waals surface area contributed by atoms with E-state index in [1.165, 1.54) is 44.9 Å². The third kappa shape index (κ3) is 9.13. The minimum atomic E-state index is -0.277. The van der Waals surface area contributed by atoms with E-state index >= 15 is 0 Å². The summed E-state index contributed by atoms with van der Waals surface area (Å²) < 4.78 is 11.0. The molecule has 0 saturated carbocycles. The Bertz CT molecular complexity index is 265. The maximum absolute atomic E-state index is 11.7. The van der Waals surface area contributed by atoms with E-state index < -0.39 is 0 Å². The summed E-state index contributed by atoms with van der Waals surface area (Å²) in [5, 5.41) is 0. The molecule has 1 heterocycles. The standard InChI is InChI=1S/C18H34O3/c1-3-5-6-7-8-9-10-11-12-13-17(19)21-18-15-14-16(4-2)20-18/h16,18H,3-15H2,1-2H3/t16?,18-/m0/s1. The van der Waals surface area contributed by atoms with Crippen LogP contribution in [-0.2, 0) is 14.3 Å². The van der Waals surface area contributed by atoms with Crippen molar-refractivity contribution in [3.63, 3.8) is 0 Å². The Hall–Kier alpha value is -0.570. The molecule has 1 unspecified atom stereocenters. The highest BCUT2D eigenvalue weighted by atomic mass is 16.7. The van der Waals surface area contributed by atoms with E-state index in [9.17, 15) is 4.79 Å². The Morgan fingerprint density at radius 2 is 1.57 bits per heavy atom. The van der Waals surface area contributed by atoms with Crippen molar-refractivity contribution in [1.82, 2.24) is 0 Å². The monoisotopic (exact) mass is 298 g/mol. The first-order valence-electron chi connectivity index (χ1n) is 9.11. The van der Waals surface area contributed by atoms with Gasteiger partial charge in [-0.3, -0.25) is 4.79 Å². The summed E-state index contributed by atoms with van der Waals surface area (Å²) >= 11 is 0. The van der Waals surface area contributed by atoms with Crippen molar-refractivity contribution in [2.24, 2.45) is 0 Å². The fourth-order valence-corrected chi connectivity index (χ4v) is 2.85. The molecule has 0 radical (unpaired) electrons. The molecule has 0 aromatic carbocycles. The molecule has 2 atom stereocenters. The summed E-state index contributed by atoms with van der Waals surface area (Å²) in [7, 11) is 0. The molecule has 1 rings (SSSR count). The number of rotatable bonds is 12. The molecule has 0 aliphatic carbocycles. The molecule has 0 spiro atoms. The molecule has 1 saturated heterocycles. The third-order valence-corrected chi connectivity index (χ3v) is 4.27. The molecule has 21 heavy (non-hydrogen) atoms. The second-order valence-corrected chi connectivity index (χ2v) is 6.24. The fourth-order valence-electron chi connectivity index (χ4n) is 2.85. The maximum atomic E-state index is 11.7. The van der Waals surface area contributed by atoms with Crippen LogP contribution in [0.25, 0.3) is 0 Å². The lowest BCUT2D eigenvalue weighted by atomic mass is 10.1. The van der Waals surface area contributed by atoms with Crippen molar-refractivity contribution in [3.8, 4) is 0 Å². The summed E-state index contributed by atoms with van der Waals surface area (Å²) in [4.78, 5) is 11.7. The van der Waals surface area contributed by atoms with Crippen LogP contribution in [0.15, 0.2) is 0 Å². The molecule has 0 N–H and O–H groups in total. The van der Waals surface area contributed by atoms with E-state index in [2.05, 4.69) is 13.8 Å². The van der Waals surface area contributed by atoms with Gasteiger partial charge in [-0.1, -0.05) is 65.2 Å². The van der Waals surface area contributed by atoms with Crippen LogP contribution < -0.4 is 0 Å². The SMILES string of the molecule is CCCCCCCCCCCC(=O)O[C@H]1CCC(CC)O1. The largest absolute Gasteiger partial charge is 0.436 e. The number of esters is 1. The first-order chi connectivity index (χ1) is 10.3. The first-order valence-corrected chi connectivity index (χ1v) is 9.11. The summed E-state index contributed by atoms with van der Waals surface area (Å²) in [5.74, 6) is -0.0836. The normalized spacial score (nSPS) is 21.6. The molecule has 0 aromatic heterocycles. The van der Waals surface area contributed by atoms with Gasteiger partial charge in [-0.2, -0.15) is 0 Å². The van der Waals surface area contributed by atoms with Gasteiger partial charge in [0.1, 0.15) is 0 Å². The average Bonchev–Trinajstić information content (AvgIpc) is 2.93. The first kappa shape index (κ1) is 18.5. The molecule has 1 fully saturated rings. The number of ether oxygens (including phenoxy) is 2. The number of carbonyl (C=O) groups is 1. The van der Waals surface area contributed by atoms with Crippen molar-refractivity contribution in [3.05, 3.63) is 0 Å². The van der Waals surface area contributed by atoms with E-state index in [0.717, 1.165) is 32.1 Å². The van der Waals surface area contributed by atoms with E-state index in [0.29, 0.717) is 6.42 Å². The van der Waals surface area contributed by atoms with Gasteiger partial charge in [0.2, 0.25) is 6.29 Å². The van der Waals surface area contributed by atoms with E-state index in [1.54, 1.807) is 0 Å².